The SMILES string of the molecule is Cc1nn(C)c(C)c1CC(=O)N1CCNC[C@@H]1C.Cl.Cl. The second-order valence-electron chi connectivity index (χ2n) is 5.09. The molecule has 1 saturated heterocycles. The maximum atomic E-state index is 12.4. The van der Waals surface area contributed by atoms with Gasteiger partial charge in [-0.05, 0) is 20.8 Å². The summed E-state index contributed by atoms with van der Waals surface area (Å²) in [6, 6.07) is 0.281. The Morgan fingerprint density at radius 3 is 2.55 bits per heavy atom. The standard InChI is InChI=1S/C13H22N4O.2ClH/c1-9-8-14-5-6-17(9)13(18)7-12-10(2)15-16(4)11(12)3;;/h9,14H,5-8H2,1-4H3;2*1H/t9-;;/m0../s1. The summed E-state index contributed by atoms with van der Waals surface area (Å²) in [5, 5.41) is 7.66. The molecule has 1 atom stereocenters. The molecular weight excluding hydrogens is 299 g/mol. The topological polar surface area (TPSA) is 50.2 Å². The van der Waals surface area contributed by atoms with Crippen molar-refractivity contribution in [3.05, 3.63) is 17.0 Å². The number of halogens is 2. The zero-order chi connectivity index (χ0) is 13.3. The molecule has 5 nitrogen and oxygen atoms in total. The van der Waals surface area contributed by atoms with Crippen LogP contribution in [0.5, 0.6) is 0 Å². The highest BCUT2D eigenvalue weighted by molar-refractivity contribution is 5.85. The van der Waals surface area contributed by atoms with Crippen LogP contribution in [-0.2, 0) is 18.3 Å². The lowest BCUT2D eigenvalue weighted by Gasteiger charge is -2.34. The van der Waals surface area contributed by atoms with Crippen LogP contribution in [0.25, 0.3) is 0 Å². The van der Waals surface area contributed by atoms with E-state index in [2.05, 4.69) is 17.3 Å². The second kappa shape index (κ2) is 7.86. The van der Waals surface area contributed by atoms with Gasteiger partial charge in [-0.15, -0.1) is 24.8 Å². The number of carbonyl (C=O) groups is 1. The van der Waals surface area contributed by atoms with Crippen molar-refractivity contribution < 1.29 is 4.79 Å². The summed E-state index contributed by atoms with van der Waals surface area (Å²) in [4.78, 5) is 14.3. The quantitative estimate of drug-likeness (QED) is 0.891. The van der Waals surface area contributed by atoms with Crippen LogP contribution in [0.15, 0.2) is 0 Å². The minimum Gasteiger partial charge on any atom is -0.337 e. The van der Waals surface area contributed by atoms with Gasteiger partial charge in [0.2, 0.25) is 5.91 Å². The van der Waals surface area contributed by atoms with Crippen LogP contribution in [0, 0.1) is 13.8 Å². The van der Waals surface area contributed by atoms with E-state index in [0.717, 1.165) is 36.6 Å². The van der Waals surface area contributed by atoms with Gasteiger partial charge in [-0.1, -0.05) is 0 Å². The predicted octanol–water partition coefficient (Wildman–Crippen LogP) is 1.24. The molecule has 116 valence electrons. The first kappa shape index (κ1) is 19.2. The third-order valence-corrected chi connectivity index (χ3v) is 3.81. The van der Waals surface area contributed by atoms with E-state index < -0.39 is 0 Å². The fourth-order valence-corrected chi connectivity index (χ4v) is 2.54. The molecule has 20 heavy (non-hydrogen) atoms. The van der Waals surface area contributed by atoms with E-state index in [-0.39, 0.29) is 36.8 Å². The van der Waals surface area contributed by atoms with Crippen LogP contribution in [0.1, 0.15) is 23.9 Å². The van der Waals surface area contributed by atoms with Crippen molar-refractivity contribution in [2.24, 2.45) is 7.05 Å². The van der Waals surface area contributed by atoms with Crippen LogP contribution in [-0.4, -0.2) is 46.3 Å². The third-order valence-electron chi connectivity index (χ3n) is 3.81. The minimum atomic E-state index is 0. The number of aryl methyl sites for hydroxylation is 2. The lowest BCUT2D eigenvalue weighted by Crippen LogP contribution is -2.52. The molecular formula is C13H24Cl2N4O. The number of aromatic nitrogens is 2. The van der Waals surface area contributed by atoms with Crippen LogP contribution in [0.4, 0.5) is 0 Å². The van der Waals surface area contributed by atoms with Gasteiger partial charge >= 0.3 is 0 Å². The largest absolute Gasteiger partial charge is 0.337 e. The maximum Gasteiger partial charge on any atom is 0.227 e. The van der Waals surface area contributed by atoms with E-state index in [0.29, 0.717) is 6.42 Å². The summed E-state index contributed by atoms with van der Waals surface area (Å²) in [5.74, 6) is 0.211. The van der Waals surface area contributed by atoms with Gasteiger partial charge in [-0.3, -0.25) is 9.48 Å². The number of piperazine rings is 1. The molecule has 0 spiro atoms. The number of rotatable bonds is 2. The summed E-state index contributed by atoms with van der Waals surface area (Å²) < 4.78 is 1.85. The van der Waals surface area contributed by atoms with E-state index in [1.165, 1.54) is 0 Å². The molecule has 0 radical (unpaired) electrons. The molecule has 1 fully saturated rings. The van der Waals surface area contributed by atoms with Gasteiger partial charge in [0.05, 0.1) is 12.1 Å². The molecule has 1 N–H and O–H groups in total. The molecule has 1 aliphatic heterocycles. The minimum absolute atomic E-state index is 0. The van der Waals surface area contributed by atoms with Crippen LogP contribution >= 0.6 is 24.8 Å². The molecule has 7 heteroatoms. The first-order valence-electron chi connectivity index (χ1n) is 6.50. The van der Waals surface area contributed by atoms with Crippen LogP contribution in [0.2, 0.25) is 0 Å². The monoisotopic (exact) mass is 322 g/mol. The Morgan fingerprint density at radius 2 is 2.05 bits per heavy atom. The summed E-state index contributed by atoms with van der Waals surface area (Å²) in [5.41, 5.74) is 3.13. The van der Waals surface area contributed by atoms with Crippen molar-refractivity contribution in [3.8, 4) is 0 Å². The maximum absolute atomic E-state index is 12.4. The highest BCUT2D eigenvalue weighted by atomic mass is 35.5. The second-order valence-corrected chi connectivity index (χ2v) is 5.09. The predicted molar refractivity (Wildman–Crippen MR) is 84.9 cm³/mol. The average Bonchev–Trinajstić information content (AvgIpc) is 2.56. The molecule has 2 rings (SSSR count). The average molecular weight is 323 g/mol. The van der Waals surface area contributed by atoms with Gasteiger partial charge in [0, 0.05) is 44.0 Å². The number of carbonyl (C=O) groups excluding carboxylic acids is 1. The van der Waals surface area contributed by atoms with E-state index in [9.17, 15) is 4.79 Å². The molecule has 1 aliphatic rings. The molecule has 0 aliphatic carbocycles. The Hall–Kier alpha value is -0.780. The van der Waals surface area contributed by atoms with E-state index in [1.54, 1.807) is 0 Å². The lowest BCUT2D eigenvalue weighted by molar-refractivity contribution is -0.133. The highest BCUT2D eigenvalue weighted by Crippen LogP contribution is 2.15. The molecule has 0 aromatic carbocycles. The lowest BCUT2D eigenvalue weighted by atomic mass is 10.1. The number of hydrogen-bond donors (Lipinski definition) is 1. The first-order valence-corrected chi connectivity index (χ1v) is 6.50. The highest BCUT2D eigenvalue weighted by Gasteiger charge is 2.24. The Bertz CT molecular complexity index is 461. The van der Waals surface area contributed by atoms with Gasteiger partial charge in [0.15, 0.2) is 0 Å². The Labute approximate surface area is 132 Å². The number of amides is 1. The molecule has 0 saturated carbocycles. The fraction of sp³-hybridized carbons (Fsp3) is 0.692. The van der Waals surface area contributed by atoms with Crippen molar-refractivity contribution >= 4 is 30.7 Å². The normalized spacial score (nSPS) is 18.2. The van der Waals surface area contributed by atoms with Crippen molar-refractivity contribution in [2.75, 3.05) is 19.6 Å². The van der Waals surface area contributed by atoms with E-state index >= 15 is 0 Å². The summed E-state index contributed by atoms with van der Waals surface area (Å²) >= 11 is 0. The van der Waals surface area contributed by atoms with Crippen molar-refractivity contribution in [1.82, 2.24) is 20.0 Å². The summed E-state index contributed by atoms with van der Waals surface area (Å²) in [6.07, 6.45) is 0.468. The van der Waals surface area contributed by atoms with Crippen LogP contribution in [0.3, 0.4) is 0 Å². The third kappa shape index (κ3) is 3.87. The van der Waals surface area contributed by atoms with Crippen molar-refractivity contribution in [1.29, 1.82) is 0 Å². The van der Waals surface area contributed by atoms with Gasteiger partial charge in [-0.25, -0.2) is 0 Å². The first-order chi connectivity index (χ1) is 8.50. The Kier molecular flexibility index (Phi) is 7.55. The zero-order valence-corrected chi connectivity index (χ0v) is 14.1. The molecule has 1 aromatic heterocycles. The molecule has 2 heterocycles. The Balaban J connectivity index is 0.00000180. The van der Waals surface area contributed by atoms with Gasteiger partial charge in [-0.2, -0.15) is 5.10 Å². The van der Waals surface area contributed by atoms with Gasteiger partial charge in [0.1, 0.15) is 0 Å². The zero-order valence-electron chi connectivity index (χ0n) is 12.5. The van der Waals surface area contributed by atoms with Crippen molar-refractivity contribution in [3.63, 3.8) is 0 Å². The Morgan fingerprint density at radius 1 is 1.40 bits per heavy atom. The number of hydrogen-bond acceptors (Lipinski definition) is 3. The number of nitrogens with zero attached hydrogens (tertiary/aromatic N) is 3. The fourth-order valence-electron chi connectivity index (χ4n) is 2.54. The molecule has 0 bridgehead atoms. The summed E-state index contributed by atoms with van der Waals surface area (Å²) in [6.45, 7) is 8.66. The molecule has 1 aromatic rings. The van der Waals surface area contributed by atoms with Crippen LogP contribution < -0.4 is 5.32 Å². The smallest absolute Gasteiger partial charge is 0.227 e. The van der Waals surface area contributed by atoms with Gasteiger partial charge < -0.3 is 10.2 Å². The molecule has 1 amide bonds. The van der Waals surface area contributed by atoms with E-state index in [4.69, 9.17) is 0 Å². The van der Waals surface area contributed by atoms with Crippen molar-refractivity contribution in [2.45, 2.75) is 33.2 Å². The molecule has 0 unspecified atom stereocenters. The summed E-state index contributed by atoms with van der Waals surface area (Å²) in [7, 11) is 1.92. The number of nitrogens with one attached hydrogen (secondary N) is 1. The van der Waals surface area contributed by atoms with Gasteiger partial charge in [0.25, 0.3) is 0 Å². The van der Waals surface area contributed by atoms with E-state index in [1.807, 2.05) is 30.5 Å².